The van der Waals surface area contributed by atoms with Gasteiger partial charge in [-0.1, -0.05) is 58.5 Å². The summed E-state index contributed by atoms with van der Waals surface area (Å²) >= 11 is 24.5. The average Bonchev–Trinajstić information content (AvgIpc) is 2.95. The van der Waals surface area contributed by atoms with E-state index in [1.54, 1.807) is 36.5 Å². The van der Waals surface area contributed by atoms with Gasteiger partial charge in [-0.15, -0.1) is 0 Å². The Kier molecular flexibility index (Phi) is 9.72. The highest BCUT2D eigenvalue weighted by atomic mass is 35.5. The second-order valence-electron chi connectivity index (χ2n) is 10.2. The second-order valence-corrected chi connectivity index (χ2v) is 11.9. The van der Waals surface area contributed by atoms with Crippen molar-refractivity contribution in [2.45, 2.75) is 32.0 Å². The van der Waals surface area contributed by atoms with Crippen molar-refractivity contribution in [1.29, 1.82) is 0 Å². The molecule has 2 aromatic carbocycles. The Balaban J connectivity index is 0.00000387. The largest absolute Gasteiger partial charge is 0.353 e. The molecule has 3 heterocycles. The zero-order valence-electron chi connectivity index (χ0n) is 21.9. The van der Waals surface area contributed by atoms with Crippen molar-refractivity contribution in [3.05, 3.63) is 91.3 Å². The Morgan fingerprint density at radius 2 is 1.68 bits per heavy atom. The third-order valence-electron chi connectivity index (χ3n) is 7.62. The second kappa shape index (κ2) is 13.2. The molecule has 0 aliphatic carbocycles. The molecule has 3 aromatic rings. The summed E-state index contributed by atoms with van der Waals surface area (Å²) in [6.07, 6.45) is 3.73. The van der Waals surface area contributed by atoms with E-state index in [1.165, 1.54) is 6.07 Å². The number of hydrogen-bond acceptors (Lipinski definition) is 5. The van der Waals surface area contributed by atoms with Gasteiger partial charge in [0.05, 0.1) is 15.6 Å². The van der Waals surface area contributed by atoms with E-state index in [1.807, 2.05) is 6.07 Å². The average molecular weight is 627 g/mol. The Morgan fingerprint density at radius 1 is 0.925 bits per heavy atom. The lowest BCUT2D eigenvalue weighted by molar-refractivity contribution is 0.0950. The van der Waals surface area contributed by atoms with Crippen molar-refractivity contribution in [2.24, 2.45) is 0 Å². The summed E-state index contributed by atoms with van der Waals surface area (Å²) in [6.45, 7) is 6.46. The van der Waals surface area contributed by atoms with Crippen LogP contribution in [0.3, 0.4) is 0 Å². The quantitative estimate of drug-likeness (QED) is 0.313. The maximum atomic E-state index is 13.8. The molecular formula is C29H32Cl4FN5O. The van der Waals surface area contributed by atoms with E-state index in [-0.39, 0.29) is 24.7 Å². The van der Waals surface area contributed by atoms with Crippen LogP contribution < -0.4 is 10.2 Å². The first-order valence-electron chi connectivity index (χ1n) is 13.3. The van der Waals surface area contributed by atoms with Crippen molar-refractivity contribution >= 4 is 58.1 Å². The molecule has 2 aliphatic rings. The first-order valence-corrected chi connectivity index (χ1v) is 14.8. The van der Waals surface area contributed by atoms with Crippen LogP contribution in [0.4, 0.5) is 10.2 Å². The first-order chi connectivity index (χ1) is 19.3. The summed E-state index contributed by atoms with van der Waals surface area (Å²) in [6, 6.07) is 12.4. The number of aromatic nitrogens is 1. The zero-order valence-corrected chi connectivity index (χ0v) is 24.9. The molecule has 2 saturated heterocycles. The Labute approximate surface area is 255 Å². The zero-order chi connectivity index (χ0) is 28.2. The van der Waals surface area contributed by atoms with Crippen molar-refractivity contribution in [3.63, 3.8) is 0 Å². The predicted molar refractivity (Wildman–Crippen MR) is 162 cm³/mol. The standard InChI is InChI=1S/C29H30Cl4FN5O.H2/c30-22-3-2-20(25(32)15-22)16-36-29(40)21-14-26(33)28(35-17-21)39-11-9-38(10-12-39)23-5-7-37(8-6-23)18-19-1-4-24(31)27(34)13-19;/h1-4,13-15,17,23H,5-12,16,18H2,(H,36,40);1H. The summed E-state index contributed by atoms with van der Waals surface area (Å²) in [5.74, 6) is 0.0619. The van der Waals surface area contributed by atoms with Gasteiger partial charge in [-0.3, -0.25) is 14.6 Å². The normalized spacial score (nSPS) is 17.3. The minimum atomic E-state index is -0.362. The van der Waals surface area contributed by atoms with Crippen LogP contribution in [0.2, 0.25) is 20.1 Å². The summed E-state index contributed by atoms with van der Waals surface area (Å²) in [7, 11) is 0. The maximum absolute atomic E-state index is 13.8. The smallest absolute Gasteiger partial charge is 0.253 e. The van der Waals surface area contributed by atoms with E-state index in [0.29, 0.717) is 32.5 Å². The predicted octanol–water partition coefficient (Wildman–Crippen LogP) is 6.80. The van der Waals surface area contributed by atoms with Crippen LogP contribution in [0.5, 0.6) is 0 Å². The molecular weight excluding hydrogens is 595 g/mol. The van der Waals surface area contributed by atoms with Crippen molar-refractivity contribution in [3.8, 4) is 0 Å². The topological polar surface area (TPSA) is 51.7 Å². The molecule has 0 saturated carbocycles. The molecule has 2 fully saturated rings. The molecule has 0 bridgehead atoms. The highest BCUT2D eigenvalue weighted by Crippen LogP contribution is 2.27. The number of anilines is 1. The number of halogens is 5. The lowest BCUT2D eigenvalue weighted by atomic mass is 10.0. The van der Waals surface area contributed by atoms with Crippen LogP contribution in [0, 0.1) is 5.82 Å². The fourth-order valence-corrected chi connectivity index (χ4v) is 6.25. The number of piperazine rings is 1. The minimum absolute atomic E-state index is 0. The fraction of sp³-hybridized carbons (Fsp3) is 0.379. The number of pyridine rings is 1. The van der Waals surface area contributed by atoms with Crippen LogP contribution in [0.25, 0.3) is 0 Å². The van der Waals surface area contributed by atoms with Gasteiger partial charge >= 0.3 is 0 Å². The van der Waals surface area contributed by atoms with Crippen LogP contribution in [0.1, 0.15) is 35.8 Å². The highest BCUT2D eigenvalue weighted by molar-refractivity contribution is 6.35. The molecule has 11 heteroatoms. The van der Waals surface area contributed by atoms with Crippen LogP contribution >= 0.6 is 46.4 Å². The number of rotatable bonds is 7. The van der Waals surface area contributed by atoms with Crippen LogP contribution in [-0.2, 0) is 13.1 Å². The first kappa shape index (κ1) is 29.4. The van der Waals surface area contributed by atoms with Gasteiger partial charge in [-0.25, -0.2) is 9.37 Å². The Morgan fingerprint density at radius 3 is 2.35 bits per heavy atom. The molecule has 1 aromatic heterocycles. The van der Waals surface area contributed by atoms with Gasteiger partial charge in [0.15, 0.2) is 0 Å². The molecule has 2 aliphatic heterocycles. The molecule has 0 unspecified atom stereocenters. The number of nitrogens with zero attached hydrogens (tertiary/aromatic N) is 4. The molecule has 214 valence electrons. The summed E-state index contributed by atoms with van der Waals surface area (Å²) in [4.78, 5) is 24.3. The summed E-state index contributed by atoms with van der Waals surface area (Å²) in [5.41, 5.74) is 2.12. The maximum Gasteiger partial charge on any atom is 0.253 e. The van der Waals surface area contributed by atoms with Crippen LogP contribution in [-0.4, -0.2) is 66.0 Å². The highest BCUT2D eigenvalue weighted by Gasteiger charge is 2.28. The third-order valence-corrected chi connectivity index (χ3v) is 8.79. The van der Waals surface area contributed by atoms with Crippen molar-refractivity contribution < 1.29 is 10.6 Å². The number of hydrogen-bond donors (Lipinski definition) is 1. The van der Waals surface area contributed by atoms with E-state index in [2.05, 4.69) is 25.0 Å². The van der Waals surface area contributed by atoms with Gasteiger partial charge in [-0.05, 0) is 67.4 Å². The van der Waals surface area contributed by atoms with Gasteiger partial charge in [0, 0.05) is 63.0 Å². The fourth-order valence-electron chi connectivity index (χ4n) is 5.37. The number of amides is 1. The Hall–Kier alpha value is -2.13. The SMILES string of the molecule is O=C(NCc1ccc(Cl)cc1Cl)c1cnc(N2CCN(C3CCN(Cc4ccc(Cl)c(F)c4)CC3)CC2)c(Cl)c1.[HH]. The minimum Gasteiger partial charge on any atom is -0.353 e. The van der Waals surface area contributed by atoms with E-state index >= 15 is 0 Å². The van der Waals surface area contributed by atoms with E-state index in [4.69, 9.17) is 46.4 Å². The molecule has 40 heavy (non-hydrogen) atoms. The molecule has 6 nitrogen and oxygen atoms in total. The third kappa shape index (κ3) is 7.19. The van der Waals surface area contributed by atoms with Gasteiger partial charge in [0.25, 0.3) is 5.91 Å². The monoisotopic (exact) mass is 625 g/mol. The number of carbonyl (C=O) groups is 1. The molecule has 0 atom stereocenters. The number of piperidine rings is 1. The number of carbonyl (C=O) groups excluding carboxylic acids is 1. The van der Waals surface area contributed by atoms with Gasteiger partial charge in [0.2, 0.25) is 0 Å². The van der Waals surface area contributed by atoms with E-state index < -0.39 is 0 Å². The molecule has 0 spiro atoms. The lowest BCUT2D eigenvalue weighted by Crippen LogP contribution is -2.53. The van der Waals surface area contributed by atoms with Gasteiger partial charge in [0.1, 0.15) is 11.6 Å². The number of likely N-dealkylation sites (tertiary alicyclic amines) is 1. The van der Waals surface area contributed by atoms with Gasteiger partial charge in [-0.2, -0.15) is 0 Å². The molecule has 1 amide bonds. The number of nitrogens with one attached hydrogen (secondary N) is 1. The lowest BCUT2D eigenvalue weighted by Gasteiger charge is -2.43. The van der Waals surface area contributed by atoms with Gasteiger partial charge < -0.3 is 10.2 Å². The van der Waals surface area contributed by atoms with E-state index in [9.17, 15) is 9.18 Å². The Bertz CT molecular complexity index is 1370. The molecule has 5 rings (SSSR count). The molecule has 1 N–H and O–H groups in total. The number of benzene rings is 2. The van der Waals surface area contributed by atoms with Crippen molar-refractivity contribution in [1.82, 2.24) is 20.1 Å². The van der Waals surface area contributed by atoms with E-state index in [0.717, 1.165) is 69.8 Å². The summed E-state index contributed by atoms with van der Waals surface area (Å²) < 4.78 is 13.8. The summed E-state index contributed by atoms with van der Waals surface area (Å²) in [5, 5.41) is 4.52. The van der Waals surface area contributed by atoms with Crippen LogP contribution in [0.15, 0.2) is 48.7 Å². The van der Waals surface area contributed by atoms with Crippen molar-refractivity contribution in [2.75, 3.05) is 44.2 Å². The molecule has 0 radical (unpaired) electrons.